The lowest BCUT2D eigenvalue weighted by atomic mass is 10.1. The number of aliphatic hydroxyl groups excluding tert-OH is 1. The molecule has 1 amide bonds. The number of hydrogen-bond acceptors (Lipinski definition) is 7. The molecule has 0 radical (unpaired) electrons. The summed E-state index contributed by atoms with van der Waals surface area (Å²) in [6.45, 7) is 7.76. The molecule has 2 heterocycles. The highest BCUT2D eigenvalue weighted by Gasteiger charge is 2.30. The Kier molecular flexibility index (Phi) is 6.65. The molecule has 3 aromatic rings. The van der Waals surface area contributed by atoms with Crippen LogP contribution in [0.2, 0.25) is 0 Å². The number of rotatable bonds is 7. The number of benzene rings is 1. The van der Waals surface area contributed by atoms with E-state index in [1.54, 1.807) is 48.1 Å². The number of ether oxygens (including phenoxy) is 2. The number of aliphatic hydroxyl groups is 1. The van der Waals surface area contributed by atoms with Gasteiger partial charge in [0.25, 0.3) is 0 Å². The summed E-state index contributed by atoms with van der Waals surface area (Å²) in [6.07, 6.45) is 1.31. The fourth-order valence-corrected chi connectivity index (χ4v) is 3.22. The second-order valence-electron chi connectivity index (χ2n) is 7.83. The van der Waals surface area contributed by atoms with Crippen molar-refractivity contribution in [2.45, 2.75) is 39.7 Å². The van der Waals surface area contributed by atoms with Gasteiger partial charge in [0, 0.05) is 31.7 Å². The van der Waals surface area contributed by atoms with Crippen LogP contribution in [0.15, 0.2) is 36.5 Å². The van der Waals surface area contributed by atoms with Gasteiger partial charge in [-0.3, -0.25) is 0 Å². The fraction of sp³-hybridized carbons (Fsp3) is 0.409. The van der Waals surface area contributed by atoms with E-state index in [0.29, 0.717) is 40.9 Å². The van der Waals surface area contributed by atoms with Crippen LogP contribution in [0.25, 0.3) is 5.65 Å². The van der Waals surface area contributed by atoms with Gasteiger partial charge in [0.05, 0.1) is 18.5 Å². The van der Waals surface area contributed by atoms with Crippen molar-refractivity contribution >= 4 is 29.1 Å². The molecule has 9 heteroatoms. The second-order valence-corrected chi connectivity index (χ2v) is 7.83. The van der Waals surface area contributed by atoms with Gasteiger partial charge in [-0.2, -0.15) is 9.61 Å². The Hall–Kier alpha value is -3.33. The number of hydrogen-bond donors (Lipinski definition) is 2. The standard InChI is InChI=1S/C22H29N5O4/c1-6-30-16-9-7-15(8-10-16)26(21(29)31-22(2,3)4)20-17(12-14-28)19(23-5)25-18-11-13-24-27(18)20/h7-11,13,28H,6,12,14H2,1-5H3,(H,23,25). The lowest BCUT2D eigenvalue weighted by Crippen LogP contribution is -2.36. The number of nitrogens with one attached hydrogen (secondary N) is 1. The van der Waals surface area contributed by atoms with Crippen LogP contribution in [0, 0.1) is 0 Å². The van der Waals surface area contributed by atoms with E-state index in [4.69, 9.17) is 9.47 Å². The summed E-state index contributed by atoms with van der Waals surface area (Å²) in [5, 5.41) is 17.2. The molecule has 0 bridgehead atoms. The minimum atomic E-state index is -0.708. The van der Waals surface area contributed by atoms with Crippen LogP contribution in [-0.2, 0) is 11.2 Å². The molecule has 0 aliphatic carbocycles. The topological polar surface area (TPSA) is 101 Å². The highest BCUT2D eigenvalue weighted by Crippen LogP contribution is 2.35. The smallest absolute Gasteiger partial charge is 0.420 e. The van der Waals surface area contributed by atoms with Crippen molar-refractivity contribution in [2.75, 3.05) is 30.5 Å². The summed E-state index contributed by atoms with van der Waals surface area (Å²) in [6, 6.07) is 8.90. The molecule has 0 aliphatic rings. The van der Waals surface area contributed by atoms with Gasteiger partial charge in [-0.15, -0.1) is 0 Å². The number of nitrogens with zero attached hydrogens (tertiary/aromatic N) is 4. The van der Waals surface area contributed by atoms with Crippen LogP contribution >= 0.6 is 0 Å². The highest BCUT2D eigenvalue weighted by molar-refractivity contribution is 5.97. The summed E-state index contributed by atoms with van der Waals surface area (Å²) in [5.74, 6) is 1.70. The quantitative estimate of drug-likeness (QED) is 0.592. The van der Waals surface area contributed by atoms with Crippen molar-refractivity contribution in [1.29, 1.82) is 0 Å². The van der Waals surface area contributed by atoms with Crippen LogP contribution in [-0.4, -0.2) is 51.7 Å². The summed E-state index contributed by atoms with van der Waals surface area (Å²) >= 11 is 0. The van der Waals surface area contributed by atoms with Gasteiger partial charge < -0.3 is 19.9 Å². The second kappa shape index (κ2) is 9.22. The van der Waals surface area contributed by atoms with Gasteiger partial charge in [-0.25, -0.2) is 14.7 Å². The Morgan fingerprint density at radius 1 is 1.23 bits per heavy atom. The van der Waals surface area contributed by atoms with Crippen LogP contribution in [0.1, 0.15) is 33.3 Å². The Balaban J connectivity index is 2.26. The summed E-state index contributed by atoms with van der Waals surface area (Å²) in [4.78, 5) is 19.4. The molecular weight excluding hydrogens is 398 g/mol. The van der Waals surface area contributed by atoms with E-state index in [9.17, 15) is 9.90 Å². The lowest BCUT2D eigenvalue weighted by Gasteiger charge is -2.29. The summed E-state index contributed by atoms with van der Waals surface area (Å²) in [5.41, 5.74) is 1.06. The van der Waals surface area contributed by atoms with E-state index >= 15 is 0 Å². The first-order valence-electron chi connectivity index (χ1n) is 10.2. The van der Waals surface area contributed by atoms with E-state index in [1.807, 2.05) is 27.7 Å². The molecule has 9 nitrogen and oxygen atoms in total. The van der Waals surface area contributed by atoms with Crippen LogP contribution < -0.4 is 15.0 Å². The lowest BCUT2D eigenvalue weighted by molar-refractivity contribution is 0.0597. The molecule has 166 valence electrons. The molecule has 0 saturated carbocycles. The van der Waals surface area contributed by atoms with Gasteiger partial charge in [0.2, 0.25) is 0 Å². The summed E-state index contributed by atoms with van der Waals surface area (Å²) < 4.78 is 12.8. The van der Waals surface area contributed by atoms with Crippen molar-refractivity contribution in [3.05, 3.63) is 42.1 Å². The highest BCUT2D eigenvalue weighted by atomic mass is 16.6. The Morgan fingerprint density at radius 3 is 2.52 bits per heavy atom. The van der Waals surface area contributed by atoms with Crippen molar-refractivity contribution in [3.8, 4) is 5.75 Å². The molecule has 2 N–H and O–H groups in total. The van der Waals surface area contributed by atoms with Crippen LogP contribution in [0.3, 0.4) is 0 Å². The zero-order valence-corrected chi connectivity index (χ0v) is 18.5. The average Bonchev–Trinajstić information content (AvgIpc) is 3.17. The SMILES string of the molecule is CCOc1ccc(N(C(=O)OC(C)(C)C)c2c(CCO)c(NC)nc3ccnn23)cc1. The minimum Gasteiger partial charge on any atom is -0.494 e. The monoisotopic (exact) mass is 427 g/mol. The molecule has 0 fully saturated rings. The van der Waals surface area contributed by atoms with Crippen molar-refractivity contribution in [3.63, 3.8) is 0 Å². The molecule has 1 aromatic carbocycles. The molecular formula is C22H29N5O4. The van der Waals surface area contributed by atoms with E-state index < -0.39 is 11.7 Å². The number of fused-ring (bicyclic) bond motifs is 1. The number of carbonyl (C=O) groups excluding carboxylic acids is 1. The molecule has 0 unspecified atom stereocenters. The molecule has 0 aliphatic heterocycles. The summed E-state index contributed by atoms with van der Waals surface area (Å²) in [7, 11) is 1.74. The zero-order chi connectivity index (χ0) is 22.6. The maximum absolute atomic E-state index is 13.4. The molecule has 2 aromatic heterocycles. The van der Waals surface area contributed by atoms with E-state index in [0.717, 1.165) is 0 Å². The molecule has 3 rings (SSSR count). The first kappa shape index (κ1) is 22.4. The maximum atomic E-state index is 13.4. The Labute approximate surface area is 181 Å². The van der Waals surface area contributed by atoms with Crippen LogP contribution in [0.4, 0.5) is 22.1 Å². The Bertz CT molecular complexity index is 1040. The van der Waals surface area contributed by atoms with Crippen molar-refractivity contribution in [1.82, 2.24) is 14.6 Å². The predicted molar refractivity (Wildman–Crippen MR) is 119 cm³/mol. The molecule has 0 atom stereocenters. The maximum Gasteiger partial charge on any atom is 0.420 e. The van der Waals surface area contributed by atoms with Gasteiger partial charge in [-0.1, -0.05) is 0 Å². The predicted octanol–water partition coefficient (Wildman–Crippen LogP) is 3.78. The minimum absolute atomic E-state index is 0.123. The first-order valence-corrected chi connectivity index (χ1v) is 10.2. The van der Waals surface area contributed by atoms with Crippen molar-refractivity contribution < 1.29 is 19.4 Å². The third-order valence-corrected chi connectivity index (χ3v) is 4.40. The number of aromatic nitrogens is 3. The zero-order valence-electron chi connectivity index (χ0n) is 18.5. The molecule has 31 heavy (non-hydrogen) atoms. The van der Waals surface area contributed by atoms with Gasteiger partial charge in [-0.05, 0) is 52.0 Å². The molecule has 0 spiro atoms. The number of anilines is 3. The van der Waals surface area contributed by atoms with Gasteiger partial charge in [0.15, 0.2) is 11.5 Å². The van der Waals surface area contributed by atoms with Crippen molar-refractivity contribution in [2.24, 2.45) is 0 Å². The molecule has 0 saturated heterocycles. The normalized spacial score (nSPS) is 11.4. The number of amides is 1. The Morgan fingerprint density at radius 2 is 1.94 bits per heavy atom. The van der Waals surface area contributed by atoms with Crippen LogP contribution in [0.5, 0.6) is 5.75 Å². The van der Waals surface area contributed by atoms with Gasteiger partial charge in [0.1, 0.15) is 17.2 Å². The fourth-order valence-electron chi connectivity index (χ4n) is 3.22. The third kappa shape index (κ3) is 4.88. The average molecular weight is 428 g/mol. The first-order chi connectivity index (χ1) is 14.8. The van der Waals surface area contributed by atoms with Gasteiger partial charge >= 0.3 is 6.09 Å². The van der Waals surface area contributed by atoms with E-state index in [2.05, 4.69) is 15.4 Å². The largest absolute Gasteiger partial charge is 0.494 e. The number of carbonyl (C=O) groups is 1. The van der Waals surface area contributed by atoms with E-state index in [1.165, 1.54) is 4.90 Å². The van der Waals surface area contributed by atoms with E-state index in [-0.39, 0.29) is 13.0 Å². The third-order valence-electron chi connectivity index (χ3n) is 4.40.